The Kier molecular flexibility index (Phi) is 4.83. The molecule has 28 heavy (non-hydrogen) atoms. The first-order valence-electron chi connectivity index (χ1n) is 9.44. The minimum Gasteiger partial charge on any atom is -0.492 e. The number of rotatable bonds is 5. The van der Waals surface area contributed by atoms with Gasteiger partial charge in [-0.3, -0.25) is 4.79 Å². The molecular formula is C21H22ClNO5. The van der Waals surface area contributed by atoms with E-state index in [9.17, 15) is 14.7 Å². The average Bonchev–Trinajstić information content (AvgIpc) is 3.46. The summed E-state index contributed by atoms with van der Waals surface area (Å²) in [6, 6.07) is 4.72. The molecule has 1 fully saturated rings. The van der Waals surface area contributed by atoms with E-state index in [0.717, 1.165) is 0 Å². The molecule has 0 radical (unpaired) electrons. The predicted octanol–water partition coefficient (Wildman–Crippen LogP) is 4.25. The van der Waals surface area contributed by atoms with Gasteiger partial charge in [0.05, 0.1) is 23.4 Å². The number of hydrogen-bond acceptors (Lipinski definition) is 4. The fraction of sp³-hybridized carbons (Fsp3) is 0.429. The molecule has 0 saturated heterocycles. The van der Waals surface area contributed by atoms with Crippen LogP contribution in [0.3, 0.4) is 0 Å². The molecule has 2 aliphatic rings. The number of nitrogens with zero attached hydrogens (tertiary/aromatic N) is 1. The van der Waals surface area contributed by atoms with Crippen LogP contribution in [0.4, 0.5) is 0 Å². The molecule has 2 heterocycles. The van der Waals surface area contributed by atoms with Crippen molar-refractivity contribution in [3.8, 4) is 22.8 Å². The fourth-order valence-corrected chi connectivity index (χ4v) is 3.64. The molecule has 0 bridgehead atoms. The van der Waals surface area contributed by atoms with E-state index in [-0.39, 0.29) is 17.5 Å². The van der Waals surface area contributed by atoms with E-state index in [1.807, 2.05) is 18.4 Å². The highest BCUT2D eigenvalue weighted by Crippen LogP contribution is 2.42. The second kappa shape index (κ2) is 7.17. The monoisotopic (exact) mass is 403 g/mol. The molecule has 1 N–H and O–H groups in total. The van der Waals surface area contributed by atoms with Gasteiger partial charge in [-0.15, -0.1) is 0 Å². The van der Waals surface area contributed by atoms with Crippen molar-refractivity contribution >= 4 is 17.6 Å². The molecule has 1 aromatic carbocycles. The number of carboxylic acids is 1. The summed E-state index contributed by atoms with van der Waals surface area (Å²) in [5.41, 5.74) is 0.449. The van der Waals surface area contributed by atoms with Crippen LogP contribution in [0.1, 0.15) is 43.1 Å². The van der Waals surface area contributed by atoms with Crippen molar-refractivity contribution in [1.82, 2.24) is 4.57 Å². The number of halogens is 1. The molecule has 1 aliphatic carbocycles. The Hall–Kier alpha value is -2.47. The van der Waals surface area contributed by atoms with Crippen LogP contribution in [0.25, 0.3) is 11.3 Å². The van der Waals surface area contributed by atoms with E-state index >= 15 is 0 Å². The fourth-order valence-electron chi connectivity index (χ4n) is 3.43. The Morgan fingerprint density at radius 2 is 2.11 bits per heavy atom. The number of hydrogen-bond donors (Lipinski definition) is 1. The number of aromatic nitrogens is 1. The number of ether oxygens (including phenoxy) is 2. The molecule has 1 atom stereocenters. The highest BCUT2D eigenvalue weighted by Gasteiger charge is 2.28. The zero-order chi connectivity index (χ0) is 20.0. The van der Waals surface area contributed by atoms with E-state index in [1.165, 1.54) is 25.1 Å². The van der Waals surface area contributed by atoms with Gasteiger partial charge < -0.3 is 19.1 Å². The van der Waals surface area contributed by atoms with Gasteiger partial charge in [0.1, 0.15) is 23.7 Å². The lowest BCUT2D eigenvalue weighted by molar-refractivity contribution is 0.0694. The van der Waals surface area contributed by atoms with E-state index < -0.39 is 11.4 Å². The van der Waals surface area contributed by atoms with Crippen molar-refractivity contribution < 1.29 is 19.4 Å². The average molecular weight is 404 g/mol. The van der Waals surface area contributed by atoms with Crippen LogP contribution in [0.5, 0.6) is 11.5 Å². The number of carboxylic acid groups (broad SMARTS) is 1. The lowest BCUT2D eigenvalue weighted by Crippen LogP contribution is -2.25. The number of aromatic carboxylic acids is 1. The summed E-state index contributed by atoms with van der Waals surface area (Å²) in [4.78, 5) is 23.8. The maximum atomic E-state index is 12.4. The molecule has 0 amide bonds. The zero-order valence-corrected chi connectivity index (χ0v) is 16.5. The standard InChI is InChI=1S/C21H22ClNO5/c1-11(2)17-10-28-19-7-20(27-9-12-3-4-12)15(22)5-13(19)16-6-18(24)14(21(25)26)8-23(16)17/h5-8,11-12,17H,3-4,9-10H2,1-2H3,(H,25,26). The minimum atomic E-state index is -1.24. The first-order valence-corrected chi connectivity index (χ1v) is 9.82. The van der Waals surface area contributed by atoms with E-state index in [1.54, 1.807) is 12.1 Å². The van der Waals surface area contributed by atoms with Crippen LogP contribution in [-0.4, -0.2) is 28.9 Å². The highest BCUT2D eigenvalue weighted by molar-refractivity contribution is 6.32. The number of benzene rings is 1. The maximum absolute atomic E-state index is 12.4. The number of carbonyl (C=O) groups is 1. The topological polar surface area (TPSA) is 77.8 Å². The Bertz CT molecular complexity index is 993. The van der Waals surface area contributed by atoms with Crippen LogP contribution >= 0.6 is 11.6 Å². The van der Waals surface area contributed by atoms with E-state index in [0.29, 0.717) is 46.9 Å². The molecule has 1 saturated carbocycles. The smallest absolute Gasteiger partial charge is 0.341 e. The Morgan fingerprint density at radius 3 is 2.75 bits per heavy atom. The summed E-state index contributed by atoms with van der Waals surface area (Å²) < 4.78 is 13.7. The molecule has 0 spiro atoms. The van der Waals surface area contributed by atoms with E-state index in [4.69, 9.17) is 21.1 Å². The first-order chi connectivity index (χ1) is 13.3. The van der Waals surface area contributed by atoms with Gasteiger partial charge in [0.25, 0.3) is 0 Å². The SMILES string of the molecule is CC(C)C1COc2cc(OCC3CC3)c(Cl)cc2-c2cc(=O)c(C(=O)O)cn21. The highest BCUT2D eigenvalue weighted by atomic mass is 35.5. The van der Waals surface area contributed by atoms with Crippen LogP contribution in [-0.2, 0) is 0 Å². The van der Waals surface area contributed by atoms with Gasteiger partial charge in [0.2, 0.25) is 0 Å². The molecule has 1 unspecified atom stereocenters. The van der Waals surface area contributed by atoms with Gasteiger partial charge in [-0.1, -0.05) is 25.4 Å². The van der Waals surface area contributed by atoms with Crippen molar-refractivity contribution in [2.75, 3.05) is 13.2 Å². The van der Waals surface area contributed by atoms with Crippen molar-refractivity contribution in [3.63, 3.8) is 0 Å². The quantitative estimate of drug-likeness (QED) is 0.807. The lowest BCUT2D eigenvalue weighted by Gasteiger charge is -2.24. The summed E-state index contributed by atoms with van der Waals surface area (Å²) in [5.74, 6) is 0.657. The molecule has 2 aromatic rings. The second-order valence-electron chi connectivity index (χ2n) is 7.80. The molecule has 7 heteroatoms. The van der Waals surface area contributed by atoms with Gasteiger partial charge in [-0.2, -0.15) is 0 Å². The van der Waals surface area contributed by atoms with Crippen molar-refractivity contribution in [1.29, 1.82) is 0 Å². The number of pyridine rings is 1. The predicted molar refractivity (Wildman–Crippen MR) is 106 cm³/mol. The van der Waals surface area contributed by atoms with Crippen LogP contribution in [0.2, 0.25) is 5.02 Å². The van der Waals surface area contributed by atoms with Crippen molar-refractivity contribution in [3.05, 3.63) is 45.2 Å². The van der Waals surface area contributed by atoms with Gasteiger partial charge in [-0.05, 0) is 30.7 Å². The maximum Gasteiger partial charge on any atom is 0.341 e. The second-order valence-corrected chi connectivity index (χ2v) is 8.21. The molecule has 1 aromatic heterocycles. The Morgan fingerprint density at radius 1 is 1.36 bits per heavy atom. The summed E-state index contributed by atoms with van der Waals surface area (Å²) in [5, 5.41) is 9.80. The van der Waals surface area contributed by atoms with Crippen molar-refractivity contribution in [2.45, 2.75) is 32.7 Å². The largest absolute Gasteiger partial charge is 0.492 e. The minimum absolute atomic E-state index is 0.129. The summed E-state index contributed by atoms with van der Waals surface area (Å²) in [7, 11) is 0. The third-order valence-electron chi connectivity index (χ3n) is 5.33. The van der Waals surface area contributed by atoms with Crippen LogP contribution < -0.4 is 14.9 Å². The third-order valence-corrected chi connectivity index (χ3v) is 5.62. The van der Waals surface area contributed by atoms with E-state index in [2.05, 4.69) is 0 Å². The van der Waals surface area contributed by atoms with Gasteiger partial charge in [-0.25, -0.2) is 4.79 Å². The molecular weight excluding hydrogens is 382 g/mol. The number of fused-ring (bicyclic) bond motifs is 3. The third kappa shape index (κ3) is 3.49. The van der Waals surface area contributed by atoms with Gasteiger partial charge in [0.15, 0.2) is 5.43 Å². The molecule has 1 aliphatic heterocycles. The normalized spacial score (nSPS) is 18.1. The summed E-state index contributed by atoms with van der Waals surface area (Å²) in [6.07, 6.45) is 3.77. The molecule has 6 nitrogen and oxygen atoms in total. The molecule has 4 rings (SSSR count). The summed E-state index contributed by atoms with van der Waals surface area (Å²) >= 11 is 6.44. The lowest BCUT2D eigenvalue weighted by atomic mass is 10.0. The van der Waals surface area contributed by atoms with Crippen LogP contribution in [0, 0.1) is 11.8 Å². The molecule has 148 valence electrons. The zero-order valence-electron chi connectivity index (χ0n) is 15.8. The van der Waals surface area contributed by atoms with Crippen molar-refractivity contribution in [2.24, 2.45) is 11.8 Å². The van der Waals surface area contributed by atoms with Gasteiger partial charge >= 0.3 is 5.97 Å². The first kappa shape index (κ1) is 18.9. The van der Waals surface area contributed by atoms with Gasteiger partial charge in [0, 0.05) is 23.9 Å². The van der Waals surface area contributed by atoms with Crippen LogP contribution in [0.15, 0.2) is 29.2 Å². The summed E-state index contributed by atoms with van der Waals surface area (Å²) in [6.45, 7) is 5.04. The Labute approximate surface area is 167 Å². The Balaban J connectivity index is 1.84.